The minimum absolute atomic E-state index is 0.0419. The third-order valence-corrected chi connectivity index (χ3v) is 2.63. The molecule has 0 bridgehead atoms. The van der Waals surface area contributed by atoms with E-state index in [9.17, 15) is 13.9 Å². The minimum Gasteiger partial charge on any atom is -0.511 e. The van der Waals surface area contributed by atoms with Crippen molar-refractivity contribution < 1.29 is 13.9 Å². The fraction of sp³-hybridized carbons (Fsp3) is 0.231. The quantitative estimate of drug-likeness (QED) is 0.384. The molecule has 3 nitrogen and oxygen atoms in total. The second kappa shape index (κ2) is 6.25. The standard InChI is InChI=1S/C13H12F2N2OS/c1-7(2)12(18)9(6-16)13(19)17-8-3-4-10(14)11(15)5-8/h3-5,7,18H,1-2H3,(H,17,19). The van der Waals surface area contributed by atoms with E-state index < -0.39 is 11.6 Å². The van der Waals surface area contributed by atoms with Crippen molar-refractivity contribution >= 4 is 22.9 Å². The predicted octanol–water partition coefficient (Wildman–Crippen LogP) is 3.70. The van der Waals surface area contributed by atoms with Crippen LogP contribution in [0.2, 0.25) is 0 Å². The lowest BCUT2D eigenvalue weighted by molar-refractivity contribution is 0.350. The van der Waals surface area contributed by atoms with Gasteiger partial charge < -0.3 is 10.4 Å². The van der Waals surface area contributed by atoms with E-state index in [1.54, 1.807) is 19.9 Å². The molecule has 0 aliphatic heterocycles. The maximum atomic E-state index is 13.0. The number of anilines is 1. The highest BCUT2D eigenvalue weighted by molar-refractivity contribution is 7.81. The van der Waals surface area contributed by atoms with Gasteiger partial charge in [-0.2, -0.15) is 5.26 Å². The zero-order valence-corrected chi connectivity index (χ0v) is 11.2. The molecule has 0 atom stereocenters. The first-order valence-corrected chi connectivity index (χ1v) is 5.87. The summed E-state index contributed by atoms with van der Waals surface area (Å²) in [5.41, 5.74) is 0.114. The summed E-state index contributed by atoms with van der Waals surface area (Å²) in [5, 5.41) is 21.3. The topological polar surface area (TPSA) is 56.0 Å². The Labute approximate surface area is 115 Å². The zero-order valence-electron chi connectivity index (χ0n) is 10.4. The van der Waals surface area contributed by atoms with Crippen LogP contribution in [0.1, 0.15) is 13.8 Å². The third kappa shape index (κ3) is 3.73. The predicted molar refractivity (Wildman–Crippen MR) is 72.7 cm³/mol. The molecule has 2 N–H and O–H groups in total. The Balaban J connectivity index is 2.99. The molecular formula is C13H12F2N2OS. The molecule has 0 aliphatic carbocycles. The van der Waals surface area contributed by atoms with Crippen molar-refractivity contribution in [3.63, 3.8) is 0 Å². The molecule has 0 saturated heterocycles. The molecule has 1 aromatic carbocycles. The summed E-state index contributed by atoms with van der Waals surface area (Å²) in [6, 6.07) is 4.93. The van der Waals surface area contributed by atoms with Gasteiger partial charge in [0.05, 0.1) is 0 Å². The molecule has 100 valence electrons. The lowest BCUT2D eigenvalue weighted by atomic mass is 10.1. The summed E-state index contributed by atoms with van der Waals surface area (Å²) in [4.78, 5) is -0.0419. The molecule has 0 saturated carbocycles. The number of hydrogen-bond acceptors (Lipinski definition) is 3. The van der Waals surface area contributed by atoms with Gasteiger partial charge in [-0.25, -0.2) is 8.78 Å². The van der Waals surface area contributed by atoms with Gasteiger partial charge in [0.25, 0.3) is 0 Å². The summed E-state index contributed by atoms with van der Waals surface area (Å²) in [6.07, 6.45) is 0. The molecule has 0 spiro atoms. The number of hydrogen-bond donors (Lipinski definition) is 2. The highest BCUT2D eigenvalue weighted by Gasteiger charge is 2.14. The number of nitrogens with one attached hydrogen (secondary N) is 1. The Morgan fingerprint density at radius 3 is 2.47 bits per heavy atom. The lowest BCUT2D eigenvalue weighted by Gasteiger charge is -2.11. The summed E-state index contributed by atoms with van der Waals surface area (Å²) >= 11 is 4.96. The Kier molecular flexibility index (Phi) is 4.95. The number of aliphatic hydroxyl groups excluding tert-OH is 1. The van der Waals surface area contributed by atoms with E-state index in [-0.39, 0.29) is 27.9 Å². The Bertz CT molecular complexity index is 576. The molecule has 1 rings (SSSR count). The van der Waals surface area contributed by atoms with Crippen LogP contribution >= 0.6 is 12.2 Å². The van der Waals surface area contributed by atoms with E-state index in [0.717, 1.165) is 12.1 Å². The minimum atomic E-state index is -1.02. The van der Waals surface area contributed by atoms with Crippen LogP contribution in [0.15, 0.2) is 29.5 Å². The maximum Gasteiger partial charge on any atom is 0.160 e. The van der Waals surface area contributed by atoms with E-state index in [1.807, 2.05) is 0 Å². The molecule has 0 aromatic heterocycles. The highest BCUT2D eigenvalue weighted by atomic mass is 32.1. The molecular weight excluding hydrogens is 270 g/mol. The third-order valence-electron chi connectivity index (χ3n) is 2.32. The van der Waals surface area contributed by atoms with Gasteiger partial charge in [-0.3, -0.25) is 0 Å². The van der Waals surface area contributed by atoms with E-state index >= 15 is 0 Å². The summed E-state index contributed by atoms with van der Waals surface area (Å²) in [6.45, 7) is 3.40. The van der Waals surface area contributed by atoms with E-state index in [4.69, 9.17) is 17.5 Å². The summed E-state index contributed by atoms with van der Waals surface area (Å²) in [5.74, 6) is -2.41. The number of aliphatic hydroxyl groups is 1. The van der Waals surface area contributed by atoms with Crippen LogP contribution in [0.5, 0.6) is 0 Å². The maximum absolute atomic E-state index is 13.0. The fourth-order valence-electron chi connectivity index (χ4n) is 1.28. The number of thiocarbonyl (C=S) groups is 1. The first kappa shape index (κ1) is 15.1. The molecule has 0 radical (unpaired) electrons. The summed E-state index contributed by atoms with van der Waals surface area (Å²) < 4.78 is 25.8. The van der Waals surface area contributed by atoms with Crippen LogP contribution in [0.25, 0.3) is 0 Å². The number of benzene rings is 1. The Hall–Kier alpha value is -2.00. The van der Waals surface area contributed by atoms with Gasteiger partial charge in [0, 0.05) is 17.7 Å². The van der Waals surface area contributed by atoms with Crippen molar-refractivity contribution in [2.75, 3.05) is 5.32 Å². The number of nitrogens with zero attached hydrogens (tertiary/aromatic N) is 1. The smallest absolute Gasteiger partial charge is 0.160 e. The van der Waals surface area contributed by atoms with Gasteiger partial charge in [-0.1, -0.05) is 26.1 Å². The molecule has 0 heterocycles. The van der Waals surface area contributed by atoms with Gasteiger partial charge in [0.1, 0.15) is 22.4 Å². The summed E-state index contributed by atoms with van der Waals surface area (Å²) in [7, 11) is 0. The van der Waals surface area contributed by atoms with Crippen molar-refractivity contribution in [3.05, 3.63) is 41.2 Å². The van der Waals surface area contributed by atoms with Crippen molar-refractivity contribution in [2.45, 2.75) is 13.8 Å². The van der Waals surface area contributed by atoms with Gasteiger partial charge in [-0.05, 0) is 12.1 Å². The van der Waals surface area contributed by atoms with Crippen LogP contribution in [-0.2, 0) is 0 Å². The Morgan fingerprint density at radius 1 is 1.37 bits per heavy atom. The second-order valence-corrected chi connectivity index (χ2v) is 4.52. The van der Waals surface area contributed by atoms with Crippen molar-refractivity contribution in [3.8, 4) is 6.07 Å². The number of allylic oxidation sites excluding steroid dienone is 1. The average Bonchev–Trinajstić information content (AvgIpc) is 2.34. The molecule has 19 heavy (non-hydrogen) atoms. The normalized spacial score (nSPS) is 11.8. The first-order valence-electron chi connectivity index (χ1n) is 5.46. The molecule has 1 aromatic rings. The number of nitriles is 1. The molecule has 0 amide bonds. The van der Waals surface area contributed by atoms with Crippen molar-refractivity contribution in [1.29, 1.82) is 5.26 Å². The van der Waals surface area contributed by atoms with Gasteiger partial charge in [-0.15, -0.1) is 0 Å². The first-order chi connectivity index (χ1) is 8.86. The van der Waals surface area contributed by atoms with Crippen LogP contribution < -0.4 is 5.32 Å². The van der Waals surface area contributed by atoms with E-state index in [0.29, 0.717) is 0 Å². The van der Waals surface area contributed by atoms with Gasteiger partial charge in [0.2, 0.25) is 0 Å². The van der Waals surface area contributed by atoms with Crippen LogP contribution in [0.4, 0.5) is 14.5 Å². The fourth-order valence-corrected chi connectivity index (χ4v) is 1.55. The average molecular weight is 282 g/mol. The number of halogens is 2. The molecule has 0 fully saturated rings. The molecule has 0 unspecified atom stereocenters. The number of rotatable bonds is 3. The van der Waals surface area contributed by atoms with Crippen LogP contribution in [-0.4, -0.2) is 10.1 Å². The molecule has 6 heteroatoms. The van der Waals surface area contributed by atoms with Crippen molar-refractivity contribution in [1.82, 2.24) is 0 Å². The lowest BCUT2D eigenvalue weighted by Crippen LogP contribution is -2.15. The van der Waals surface area contributed by atoms with E-state index in [2.05, 4.69) is 5.32 Å². The van der Waals surface area contributed by atoms with Gasteiger partial charge >= 0.3 is 0 Å². The zero-order chi connectivity index (χ0) is 14.6. The van der Waals surface area contributed by atoms with Crippen LogP contribution in [0, 0.1) is 28.9 Å². The second-order valence-electron chi connectivity index (χ2n) is 4.11. The SMILES string of the molecule is CC(C)C(O)=C(C#N)C(=S)Nc1ccc(F)c(F)c1. The Morgan fingerprint density at radius 2 is 2.00 bits per heavy atom. The molecule has 0 aliphatic rings. The van der Waals surface area contributed by atoms with E-state index in [1.165, 1.54) is 6.07 Å². The van der Waals surface area contributed by atoms with Crippen molar-refractivity contribution in [2.24, 2.45) is 5.92 Å². The largest absolute Gasteiger partial charge is 0.511 e. The van der Waals surface area contributed by atoms with Gasteiger partial charge in [0.15, 0.2) is 11.6 Å². The van der Waals surface area contributed by atoms with Crippen LogP contribution in [0.3, 0.4) is 0 Å². The monoisotopic (exact) mass is 282 g/mol. The highest BCUT2D eigenvalue weighted by Crippen LogP contribution is 2.17.